The topological polar surface area (TPSA) is 30.7 Å². The maximum absolute atomic E-state index is 5.50. The molecule has 0 spiro atoms. The molecule has 0 bridgehead atoms. The lowest BCUT2D eigenvalue weighted by molar-refractivity contribution is 0.661. The molecule has 12 aromatic rings. The van der Waals surface area contributed by atoms with Crippen LogP contribution in [-0.2, 0) is 5.41 Å². The van der Waals surface area contributed by atoms with Crippen LogP contribution in [0.4, 0.5) is 0 Å². The van der Waals surface area contributed by atoms with Crippen LogP contribution in [0.5, 0.6) is 0 Å². The zero-order valence-corrected chi connectivity index (χ0v) is 30.9. The van der Waals surface area contributed by atoms with Crippen molar-refractivity contribution < 1.29 is 0 Å². The molecule has 0 atom stereocenters. The normalized spacial score (nSPS) is 13.7. The minimum atomic E-state index is -0.125. The second-order valence-electron chi connectivity index (χ2n) is 16.1. The van der Waals surface area contributed by atoms with Gasteiger partial charge in [-0.2, -0.15) is 0 Å². The van der Waals surface area contributed by atoms with E-state index >= 15 is 0 Å². The predicted molar refractivity (Wildman–Crippen MR) is 236 cm³/mol. The molecule has 56 heavy (non-hydrogen) atoms. The number of benzene rings is 10. The van der Waals surface area contributed by atoms with E-state index in [4.69, 9.17) is 9.97 Å². The first kappa shape index (κ1) is 30.3. The highest BCUT2D eigenvalue weighted by Crippen LogP contribution is 2.55. The lowest BCUT2D eigenvalue weighted by Gasteiger charge is -2.23. The summed E-state index contributed by atoms with van der Waals surface area (Å²) < 4.78 is 2.31. The van der Waals surface area contributed by atoms with Gasteiger partial charge in [-0.3, -0.25) is 4.57 Å². The van der Waals surface area contributed by atoms with Gasteiger partial charge < -0.3 is 0 Å². The summed E-state index contributed by atoms with van der Waals surface area (Å²) in [4.78, 5) is 10.9. The van der Waals surface area contributed by atoms with E-state index in [1.165, 1.54) is 86.9 Å². The van der Waals surface area contributed by atoms with Gasteiger partial charge in [0.25, 0.3) is 0 Å². The van der Waals surface area contributed by atoms with E-state index < -0.39 is 0 Å². The standard InChI is InChI=1S/C53H33N3/c1-53(2)42-22-8-5-15-35(42)49-38-20-11-18-33-34-19-12-21-39-48(34)41(40(47(33)38)28-43(49)53)29-46-50(39)37-17-7-10-24-45(37)56(46)52-54-44-23-9-6-16-36(44)51(55-52)32-26-25-30-13-3-4-14-31(30)27-32/h3-29H,1-2H3. The first-order valence-corrected chi connectivity index (χ1v) is 19.5. The van der Waals surface area contributed by atoms with Crippen LogP contribution in [0.25, 0.3) is 115 Å². The van der Waals surface area contributed by atoms with Crippen molar-refractivity contribution in [3.8, 4) is 28.3 Å². The van der Waals surface area contributed by atoms with Gasteiger partial charge in [-0.1, -0.05) is 147 Å². The summed E-state index contributed by atoms with van der Waals surface area (Å²) in [6.07, 6.45) is 0. The molecule has 0 saturated carbocycles. The Bertz CT molecular complexity index is 3680. The summed E-state index contributed by atoms with van der Waals surface area (Å²) in [5.41, 5.74) is 10.5. The quantitative estimate of drug-likeness (QED) is 0.132. The number of rotatable bonds is 2. The largest absolute Gasteiger partial charge is 0.278 e. The summed E-state index contributed by atoms with van der Waals surface area (Å²) in [6.45, 7) is 4.77. The number of para-hydroxylation sites is 2. The zero-order chi connectivity index (χ0) is 36.9. The van der Waals surface area contributed by atoms with Crippen molar-refractivity contribution in [3.63, 3.8) is 0 Å². The molecule has 0 amide bonds. The molecule has 2 heterocycles. The molecule has 0 N–H and O–H groups in total. The molecule has 10 aromatic carbocycles. The highest BCUT2D eigenvalue weighted by molar-refractivity contribution is 6.39. The Morgan fingerprint density at radius 2 is 1.09 bits per heavy atom. The fraction of sp³-hybridized carbons (Fsp3) is 0.0566. The highest BCUT2D eigenvalue weighted by Gasteiger charge is 2.37. The van der Waals surface area contributed by atoms with Crippen LogP contribution in [-0.4, -0.2) is 14.5 Å². The van der Waals surface area contributed by atoms with Gasteiger partial charge in [0.2, 0.25) is 5.95 Å². The Hall–Kier alpha value is -7.10. The number of hydrogen-bond donors (Lipinski definition) is 0. The van der Waals surface area contributed by atoms with Crippen LogP contribution < -0.4 is 0 Å². The van der Waals surface area contributed by atoms with Crippen molar-refractivity contribution in [2.45, 2.75) is 19.3 Å². The third-order valence-corrected chi connectivity index (χ3v) is 12.9. The van der Waals surface area contributed by atoms with Crippen molar-refractivity contribution in [1.29, 1.82) is 0 Å². The van der Waals surface area contributed by atoms with Gasteiger partial charge in [0.05, 0.1) is 22.2 Å². The van der Waals surface area contributed by atoms with Gasteiger partial charge in [-0.25, -0.2) is 9.97 Å². The average molecular weight is 712 g/mol. The summed E-state index contributed by atoms with van der Waals surface area (Å²) in [5.74, 6) is 0.674. The van der Waals surface area contributed by atoms with Crippen LogP contribution >= 0.6 is 0 Å². The summed E-state index contributed by atoms with van der Waals surface area (Å²) in [7, 11) is 0. The third-order valence-electron chi connectivity index (χ3n) is 12.9. The van der Waals surface area contributed by atoms with Gasteiger partial charge in [-0.15, -0.1) is 0 Å². The Morgan fingerprint density at radius 3 is 1.96 bits per heavy atom. The Labute approximate surface area is 322 Å². The molecule has 0 saturated heterocycles. The lowest BCUT2D eigenvalue weighted by atomic mass is 9.80. The van der Waals surface area contributed by atoms with E-state index in [1.54, 1.807) is 0 Å². The molecular weight excluding hydrogens is 679 g/mol. The second-order valence-corrected chi connectivity index (χ2v) is 16.1. The number of fused-ring (bicyclic) bond motifs is 12. The molecule has 0 radical (unpaired) electrons. The van der Waals surface area contributed by atoms with Crippen LogP contribution in [0, 0.1) is 0 Å². The minimum absolute atomic E-state index is 0.125. The van der Waals surface area contributed by atoms with Crippen molar-refractivity contribution in [1.82, 2.24) is 14.5 Å². The minimum Gasteiger partial charge on any atom is -0.278 e. The highest BCUT2D eigenvalue weighted by atomic mass is 15.2. The van der Waals surface area contributed by atoms with Crippen molar-refractivity contribution in [2.24, 2.45) is 0 Å². The van der Waals surface area contributed by atoms with E-state index in [1.807, 2.05) is 0 Å². The predicted octanol–water partition coefficient (Wildman–Crippen LogP) is 13.9. The molecule has 3 heteroatoms. The van der Waals surface area contributed by atoms with E-state index in [0.29, 0.717) is 5.95 Å². The maximum atomic E-state index is 5.50. The zero-order valence-electron chi connectivity index (χ0n) is 30.9. The third kappa shape index (κ3) is 3.77. The van der Waals surface area contributed by atoms with Crippen LogP contribution in [0.2, 0.25) is 0 Å². The van der Waals surface area contributed by atoms with Crippen molar-refractivity contribution in [2.75, 3.05) is 0 Å². The first-order valence-electron chi connectivity index (χ1n) is 19.5. The molecule has 2 aromatic heterocycles. The average Bonchev–Trinajstić information content (AvgIpc) is 3.70. The number of hydrogen-bond acceptors (Lipinski definition) is 2. The fourth-order valence-electron chi connectivity index (χ4n) is 10.4. The van der Waals surface area contributed by atoms with Crippen LogP contribution in [0.3, 0.4) is 0 Å². The van der Waals surface area contributed by atoms with Gasteiger partial charge in [-0.05, 0) is 106 Å². The Morgan fingerprint density at radius 1 is 0.429 bits per heavy atom. The molecule has 3 nitrogen and oxygen atoms in total. The molecule has 13 rings (SSSR count). The van der Waals surface area contributed by atoms with E-state index in [9.17, 15) is 0 Å². The van der Waals surface area contributed by atoms with Gasteiger partial charge >= 0.3 is 0 Å². The summed E-state index contributed by atoms with van der Waals surface area (Å²) in [5, 5.41) is 16.3. The Kier molecular flexibility index (Phi) is 5.70. The van der Waals surface area contributed by atoms with E-state index in [2.05, 4.69) is 182 Å². The van der Waals surface area contributed by atoms with Gasteiger partial charge in [0.1, 0.15) is 0 Å². The smallest absolute Gasteiger partial charge is 0.235 e. The van der Waals surface area contributed by atoms with Crippen LogP contribution in [0.15, 0.2) is 164 Å². The van der Waals surface area contributed by atoms with Crippen LogP contribution in [0.1, 0.15) is 25.0 Å². The van der Waals surface area contributed by atoms with E-state index in [0.717, 1.165) is 33.2 Å². The molecule has 1 aliphatic carbocycles. The van der Waals surface area contributed by atoms with E-state index in [-0.39, 0.29) is 5.41 Å². The lowest BCUT2D eigenvalue weighted by Crippen LogP contribution is -2.14. The number of nitrogens with zero attached hydrogens (tertiary/aromatic N) is 3. The molecule has 0 fully saturated rings. The Balaban J connectivity index is 1.19. The first-order chi connectivity index (χ1) is 27.5. The summed E-state index contributed by atoms with van der Waals surface area (Å²) >= 11 is 0. The molecule has 0 aliphatic heterocycles. The number of aromatic nitrogens is 3. The van der Waals surface area contributed by atoms with Gasteiger partial charge in [0, 0.05) is 27.1 Å². The second kappa shape index (κ2) is 10.6. The van der Waals surface area contributed by atoms with Crippen molar-refractivity contribution in [3.05, 3.63) is 175 Å². The molecule has 260 valence electrons. The fourth-order valence-corrected chi connectivity index (χ4v) is 10.4. The maximum Gasteiger partial charge on any atom is 0.235 e. The van der Waals surface area contributed by atoms with Crippen molar-refractivity contribution >= 4 is 86.6 Å². The summed E-state index contributed by atoms with van der Waals surface area (Å²) in [6, 6.07) is 60.2. The molecule has 1 aliphatic rings. The monoisotopic (exact) mass is 711 g/mol. The SMILES string of the molecule is CC1(C)c2ccccc2-c2c1cc1c3cc4c(c5cccc(c6cccc2c61)c35)c1ccccc1n4-c1nc(-c2ccc3ccccc3c2)c2ccccc2n1. The van der Waals surface area contributed by atoms with Gasteiger partial charge in [0.15, 0.2) is 0 Å². The molecule has 0 unspecified atom stereocenters. The molecular formula is C53H33N3.